The van der Waals surface area contributed by atoms with Crippen molar-refractivity contribution >= 4 is 40.3 Å². The molecule has 1 amide bonds. The molecule has 0 aliphatic carbocycles. The van der Waals surface area contributed by atoms with E-state index in [0.717, 1.165) is 11.3 Å². The minimum absolute atomic E-state index is 0.0691. The van der Waals surface area contributed by atoms with Crippen molar-refractivity contribution in [3.05, 3.63) is 59.0 Å². The number of para-hydroxylation sites is 1. The van der Waals surface area contributed by atoms with Crippen molar-refractivity contribution in [2.45, 2.75) is 6.92 Å². The molecule has 1 N–H and O–H groups in total. The van der Waals surface area contributed by atoms with Gasteiger partial charge in [-0.2, -0.15) is 0 Å². The van der Waals surface area contributed by atoms with Crippen LogP contribution in [0, 0.1) is 0 Å². The van der Waals surface area contributed by atoms with Crippen LogP contribution in [0.15, 0.2) is 53.4 Å². The van der Waals surface area contributed by atoms with Gasteiger partial charge in [0, 0.05) is 0 Å². The van der Waals surface area contributed by atoms with Gasteiger partial charge in [-0.3, -0.25) is 9.69 Å². The van der Waals surface area contributed by atoms with E-state index in [1.165, 1.54) is 11.8 Å². The van der Waals surface area contributed by atoms with Crippen LogP contribution in [0.4, 0.5) is 0 Å². The first-order valence-corrected chi connectivity index (χ1v) is 9.70. The molecule has 0 atom stereocenters. The van der Waals surface area contributed by atoms with E-state index in [1.807, 2.05) is 37.3 Å². The molecule has 0 unspecified atom stereocenters. The summed E-state index contributed by atoms with van der Waals surface area (Å²) < 4.78 is 11.5. The molecule has 1 fully saturated rings. The van der Waals surface area contributed by atoms with Crippen LogP contribution < -0.4 is 9.47 Å². The van der Waals surface area contributed by atoms with Gasteiger partial charge in [0.2, 0.25) is 0 Å². The van der Waals surface area contributed by atoms with Gasteiger partial charge >= 0.3 is 0 Å². The number of ether oxygens (including phenoxy) is 2. The Morgan fingerprint density at radius 2 is 1.96 bits per heavy atom. The highest BCUT2D eigenvalue weighted by molar-refractivity contribution is 8.26. The molecule has 1 aliphatic rings. The molecule has 0 saturated carbocycles. The third kappa shape index (κ3) is 4.81. The molecule has 0 spiro atoms. The molecule has 5 nitrogen and oxygen atoms in total. The highest BCUT2D eigenvalue weighted by atomic mass is 32.2. The summed E-state index contributed by atoms with van der Waals surface area (Å²) in [6.45, 7) is 3.03. The Morgan fingerprint density at radius 3 is 2.70 bits per heavy atom. The minimum Gasteiger partial charge on any atom is -0.504 e. The summed E-state index contributed by atoms with van der Waals surface area (Å²) in [5.74, 6) is 1.07. The summed E-state index contributed by atoms with van der Waals surface area (Å²) in [5, 5.41) is 9.79. The van der Waals surface area contributed by atoms with Crippen molar-refractivity contribution in [3.8, 4) is 17.2 Å². The number of hydrogen-bond acceptors (Lipinski definition) is 6. The Labute approximate surface area is 167 Å². The third-order valence-electron chi connectivity index (χ3n) is 3.78. The van der Waals surface area contributed by atoms with Crippen molar-refractivity contribution in [3.63, 3.8) is 0 Å². The maximum absolute atomic E-state index is 12.7. The Balaban J connectivity index is 1.66. The average Bonchev–Trinajstić information content (AvgIpc) is 2.93. The number of aromatic hydroxyl groups is 1. The fourth-order valence-corrected chi connectivity index (χ4v) is 3.82. The van der Waals surface area contributed by atoms with Crippen LogP contribution in [0.1, 0.15) is 12.5 Å². The number of phenolic OH excluding ortho intramolecular Hbond substituents is 1. The second kappa shape index (κ2) is 8.92. The van der Waals surface area contributed by atoms with E-state index >= 15 is 0 Å². The topological polar surface area (TPSA) is 59.0 Å². The Bertz CT molecular complexity index is 868. The lowest BCUT2D eigenvalue weighted by atomic mass is 10.2. The van der Waals surface area contributed by atoms with E-state index in [9.17, 15) is 9.90 Å². The van der Waals surface area contributed by atoms with Gasteiger partial charge in [-0.05, 0) is 42.8 Å². The van der Waals surface area contributed by atoms with Crippen LogP contribution in [0.25, 0.3) is 6.08 Å². The Morgan fingerprint density at radius 1 is 1.19 bits per heavy atom. The molecular formula is C20H19NO4S2. The van der Waals surface area contributed by atoms with Crippen molar-refractivity contribution in [2.75, 3.05) is 19.8 Å². The van der Waals surface area contributed by atoms with Gasteiger partial charge in [0.1, 0.15) is 16.7 Å². The fraction of sp³-hybridized carbons (Fsp3) is 0.200. The molecule has 2 aromatic carbocycles. The Kier molecular flexibility index (Phi) is 6.36. The van der Waals surface area contributed by atoms with Crippen LogP contribution in [0.2, 0.25) is 0 Å². The zero-order chi connectivity index (χ0) is 19.2. The number of phenols is 1. The molecule has 0 aromatic heterocycles. The number of benzene rings is 2. The summed E-state index contributed by atoms with van der Waals surface area (Å²) in [5.41, 5.74) is 0.761. The second-order valence-corrected chi connectivity index (χ2v) is 7.33. The fourth-order valence-electron chi connectivity index (χ4n) is 2.51. The van der Waals surface area contributed by atoms with E-state index in [4.69, 9.17) is 21.7 Å². The van der Waals surface area contributed by atoms with Gasteiger partial charge < -0.3 is 14.6 Å². The monoisotopic (exact) mass is 401 g/mol. The summed E-state index contributed by atoms with van der Waals surface area (Å²) in [6, 6.07) is 14.4. The van der Waals surface area contributed by atoms with E-state index in [2.05, 4.69) is 0 Å². The van der Waals surface area contributed by atoms with E-state index in [0.29, 0.717) is 34.7 Å². The van der Waals surface area contributed by atoms with Gasteiger partial charge in [-0.1, -0.05) is 48.2 Å². The number of nitrogens with zero attached hydrogens (tertiary/aromatic N) is 1. The molecule has 3 rings (SSSR count). The first kappa shape index (κ1) is 19.3. The number of thiocarbonyl (C=S) groups is 1. The average molecular weight is 402 g/mol. The second-order valence-electron chi connectivity index (χ2n) is 5.66. The number of hydrogen-bond donors (Lipinski definition) is 1. The molecule has 1 aliphatic heterocycles. The van der Waals surface area contributed by atoms with Crippen LogP contribution in [-0.4, -0.2) is 40.0 Å². The standard InChI is InChI=1S/C20H19NO4S2/c1-2-24-17-12-14(8-9-16(17)22)13-18-19(23)21(20(26)27-18)10-11-25-15-6-4-3-5-7-15/h3-9,12-13,22H,2,10-11H2,1H3/b18-13-. The maximum Gasteiger partial charge on any atom is 0.266 e. The first-order chi connectivity index (χ1) is 13.1. The molecular weight excluding hydrogens is 382 g/mol. The Hall–Kier alpha value is -2.51. The lowest BCUT2D eigenvalue weighted by Crippen LogP contribution is -2.32. The zero-order valence-electron chi connectivity index (χ0n) is 14.8. The number of amides is 1. The van der Waals surface area contributed by atoms with Gasteiger partial charge in [0.25, 0.3) is 5.91 Å². The summed E-state index contributed by atoms with van der Waals surface area (Å²) in [4.78, 5) is 14.7. The van der Waals surface area contributed by atoms with E-state index in [-0.39, 0.29) is 11.7 Å². The number of carbonyl (C=O) groups is 1. The number of thioether (sulfide) groups is 1. The molecule has 2 aromatic rings. The SMILES string of the molecule is CCOc1cc(/C=C2\SC(=S)N(CCOc3ccccc3)C2=O)ccc1O. The molecule has 0 bridgehead atoms. The van der Waals surface area contributed by atoms with Gasteiger partial charge in [0.15, 0.2) is 11.5 Å². The number of carbonyl (C=O) groups excluding carboxylic acids is 1. The molecule has 1 saturated heterocycles. The summed E-state index contributed by atoms with van der Waals surface area (Å²) >= 11 is 6.59. The van der Waals surface area contributed by atoms with E-state index < -0.39 is 0 Å². The minimum atomic E-state index is -0.146. The molecule has 1 heterocycles. The predicted octanol–water partition coefficient (Wildman–Crippen LogP) is 4.07. The van der Waals surface area contributed by atoms with Crippen molar-refractivity contribution in [1.82, 2.24) is 4.90 Å². The van der Waals surface area contributed by atoms with Gasteiger partial charge in [-0.25, -0.2) is 0 Å². The van der Waals surface area contributed by atoms with Crippen LogP contribution in [-0.2, 0) is 4.79 Å². The first-order valence-electron chi connectivity index (χ1n) is 8.47. The van der Waals surface area contributed by atoms with Crippen LogP contribution in [0.5, 0.6) is 17.2 Å². The number of rotatable bonds is 7. The smallest absolute Gasteiger partial charge is 0.266 e. The highest BCUT2D eigenvalue weighted by Crippen LogP contribution is 2.34. The van der Waals surface area contributed by atoms with Crippen molar-refractivity contribution in [1.29, 1.82) is 0 Å². The maximum atomic E-state index is 12.7. The summed E-state index contributed by atoms with van der Waals surface area (Å²) in [6.07, 6.45) is 1.75. The lowest BCUT2D eigenvalue weighted by molar-refractivity contribution is -0.122. The lowest BCUT2D eigenvalue weighted by Gasteiger charge is -2.14. The van der Waals surface area contributed by atoms with Crippen LogP contribution in [0.3, 0.4) is 0 Å². The van der Waals surface area contributed by atoms with Gasteiger partial charge in [-0.15, -0.1) is 0 Å². The van der Waals surface area contributed by atoms with E-state index in [1.54, 1.807) is 29.2 Å². The normalized spacial score (nSPS) is 15.4. The highest BCUT2D eigenvalue weighted by Gasteiger charge is 2.31. The molecule has 7 heteroatoms. The largest absolute Gasteiger partial charge is 0.504 e. The predicted molar refractivity (Wildman–Crippen MR) is 111 cm³/mol. The zero-order valence-corrected chi connectivity index (χ0v) is 16.4. The molecule has 140 valence electrons. The molecule has 27 heavy (non-hydrogen) atoms. The molecule has 0 radical (unpaired) electrons. The van der Waals surface area contributed by atoms with Crippen LogP contribution >= 0.6 is 24.0 Å². The van der Waals surface area contributed by atoms with Crippen molar-refractivity contribution < 1.29 is 19.4 Å². The van der Waals surface area contributed by atoms with Gasteiger partial charge in [0.05, 0.1) is 18.1 Å². The quantitative estimate of drug-likeness (QED) is 0.557. The third-order valence-corrected chi connectivity index (χ3v) is 5.16. The van der Waals surface area contributed by atoms with Crippen molar-refractivity contribution in [2.24, 2.45) is 0 Å². The summed E-state index contributed by atoms with van der Waals surface area (Å²) in [7, 11) is 0.